The highest BCUT2D eigenvalue weighted by Gasteiger charge is 2.16. The molecule has 148 valence electrons. The number of nitrogens with zero attached hydrogens (tertiary/aromatic N) is 1. The van der Waals surface area contributed by atoms with Crippen molar-refractivity contribution in [3.05, 3.63) is 53.1 Å². The van der Waals surface area contributed by atoms with Gasteiger partial charge in [-0.2, -0.15) is 0 Å². The van der Waals surface area contributed by atoms with Crippen LogP contribution in [0.4, 0.5) is 11.4 Å². The zero-order valence-electron chi connectivity index (χ0n) is 16.0. The summed E-state index contributed by atoms with van der Waals surface area (Å²) < 4.78 is 5.21. The second-order valence-electron chi connectivity index (χ2n) is 6.97. The standard InChI is InChI=1S/C21H24ClN3O2S/c1-14-9-11-25(12-10-14)17-6-4-16(5-7-17)23-21(28)24-20(26)18-13-15(22)3-8-19(18)27-2/h3-8,13-14H,9-12H2,1-2H3,(H2,23,24,26,28). The second-order valence-corrected chi connectivity index (χ2v) is 7.81. The molecule has 7 heteroatoms. The first-order chi connectivity index (χ1) is 13.5. The van der Waals surface area contributed by atoms with Gasteiger partial charge >= 0.3 is 0 Å². The highest BCUT2D eigenvalue weighted by Crippen LogP contribution is 2.25. The van der Waals surface area contributed by atoms with Gasteiger partial charge in [-0.15, -0.1) is 0 Å². The van der Waals surface area contributed by atoms with E-state index in [-0.39, 0.29) is 11.0 Å². The maximum atomic E-state index is 12.5. The number of hydrogen-bond donors (Lipinski definition) is 2. The van der Waals surface area contributed by atoms with Gasteiger partial charge in [0.25, 0.3) is 5.91 Å². The number of piperidine rings is 1. The Morgan fingerprint density at radius 2 is 1.86 bits per heavy atom. The molecular formula is C21H24ClN3O2S. The van der Waals surface area contributed by atoms with Gasteiger partial charge in [-0.25, -0.2) is 0 Å². The number of hydrogen-bond acceptors (Lipinski definition) is 4. The summed E-state index contributed by atoms with van der Waals surface area (Å²) in [6.45, 7) is 4.48. The van der Waals surface area contributed by atoms with Gasteiger partial charge in [0.15, 0.2) is 5.11 Å². The average Bonchev–Trinajstić information content (AvgIpc) is 2.69. The normalized spacial score (nSPS) is 14.5. The Balaban J connectivity index is 1.59. The number of halogens is 1. The van der Waals surface area contributed by atoms with Crippen LogP contribution < -0.4 is 20.3 Å². The zero-order chi connectivity index (χ0) is 20.1. The van der Waals surface area contributed by atoms with E-state index in [1.54, 1.807) is 18.2 Å². The summed E-state index contributed by atoms with van der Waals surface area (Å²) in [6, 6.07) is 12.9. The van der Waals surface area contributed by atoms with Gasteiger partial charge in [0.2, 0.25) is 0 Å². The second kappa shape index (κ2) is 9.26. The van der Waals surface area contributed by atoms with Crippen molar-refractivity contribution in [2.24, 2.45) is 5.92 Å². The first kappa shape index (κ1) is 20.4. The average molecular weight is 418 g/mol. The van der Waals surface area contributed by atoms with E-state index in [9.17, 15) is 4.79 Å². The maximum Gasteiger partial charge on any atom is 0.261 e. The lowest BCUT2D eigenvalue weighted by Gasteiger charge is -2.32. The van der Waals surface area contributed by atoms with E-state index >= 15 is 0 Å². The van der Waals surface area contributed by atoms with Crippen molar-refractivity contribution in [2.45, 2.75) is 19.8 Å². The third kappa shape index (κ3) is 5.14. The molecular weight excluding hydrogens is 394 g/mol. The van der Waals surface area contributed by atoms with E-state index in [1.807, 2.05) is 12.1 Å². The predicted octanol–water partition coefficient (Wildman–Crippen LogP) is 4.71. The molecule has 1 saturated heterocycles. The first-order valence-corrected chi connectivity index (χ1v) is 10.1. The lowest BCUT2D eigenvalue weighted by atomic mass is 9.99. The molecule has 0 aliphatic carbocycles. The molecule has 28 heavy (non-hydrogen) atoms. The van der Waals surface area contributed by atoms with Gasteiger partial charge in [0.1, 0.15) is 5.75 Å². The molecule has 0 radical (unpaired) electrons. The summed E-state index contributed by atoms with van der Waals surface area (Å²) in [5.74, 6) is 0.858. The fraction of sp³-hybridized carbons (Fsp3) is 0.333. The summed E-state index contributed by atoms with van der Waals surface area (Å²) >= 11 is 11.3. The Morgan fingerprint density at radius 3 is 2.50 bits per heavy atom. The molecule has 2 aromatic carbocycles. The molecule has 2 N–H and O–H groups in total. The maximum absolute atomic E-state index is 12.5. The minimum Gasteiger partial charge on any atom is -0.496 e. The van der Waals surface area contributed by atoms with Crippen LogP contribution in [0.2, 0.25) is 5.02 Å². The van der Waals surface area contributed by atoms with Crippen molar-refractivity contribution >= 4 is 46.2 Å². The first-order valence-electron chi connectivity index (χ1n) is 9.27. The Hall–Kier alpha value is -2.31. The molecule has 3 rings (SSSR count). The fourth-order valence-electron chi connectivity index (χ4n) is 3.21. The van der Waals surface area contributed by atoms with Crippen LogP contribution >= 0.6 is 23.8 Å². The lowest BCUT2D eigenvalue weighted by molar-refractivity contribution is 0.0975. The van der Waals surface area contributed by atoms with Crippen LogP contribution in [0.5, 0.6) is 5.75 Å². The Bertz CT molecular complexity index is 849. The Labute approximate surface area is 176 Å². The van der Waals surface area contributed by atoms with Crippen LogP contribution in [0.3, 0.4) is 0 Å². The van der Waals surface area contributed by atoms with Crippen molar-refractivity contribution in [3.63, 3.8) is 0 Å². The molecule has 5 nitrogen and oxygen atoms in total. The van der Waals surface area contributed by atoms with Gasteiger partial charge in [-0.3, -0.25) is 10.1 Å². The SMILES string of the molecule is COc1ccc(Cl)cc1C(=O)NC(=S)Nc1ccc(N2CCC(C)CC2)cc1. The van der Waals surface area contributed by atoms with E-state index < -0.39 is 0 Å². The molecule has 0 aromatic heterocycles. The van der Waals surface area contributed by atoms with Crippen molar-refractivity contribution in [3.8, 4) is 5.75 Å². The minimum atomic E-state index is -0.379. The van der Waals surface area contributed by atoms with Gasteiger partial charge in [-0.1, -0.05) is 18.5 Å². The van der Waals surface area contributed by atoms with Gasteiger partial charge < -0.3 is 15.0 Å². The highest BCUT2D eigenvalue weighted by atomic mass is 35.5. The van der Waals surface area contributed by atoms with Gasteiger partial charge in [0, 0.05) is 29.5 Å². The molecule has 0 bridgehead atoms. The summed E-state index contributed by atoms with van der Waals surface area (Å²) in [6.07, 6.45) is 2.45. The van der Waals surface area contributed by atoms with Crippen molar-refractivity contribution in [2.75, 3.05) is 30.4 Å². The number of methoxy groups -OCH3 is 1. The fourth-order valence-corrected chi connectivity index (χ4v) is 3.60. The number of benzene rings is 2. The third-order valence-electron chi connectivity index (χ3n) is 4.91. The van der Waals surface area contributed by atoms with Crippen LogP contribution in [-0.4, -0.2) is 31.2 Å². The number of carbonyl (C=O) groups is 1. The molecule has 1 aliphatic rings. The van der Waals surface area contributed by atoms with E-state index in [1.165, 1.54) is 25.6 Å². The third-order valence-corrected chi connectivity index (χ3v) is 5.35. The van der Waals surface area contributed by atoms with Gasteiger partial charge in [0.05, 0.1) is 12.7 Å². The number of thiocarbonyl (C=S) groups is 1. The molecule has 1 heterocycles. The van der Waals surface area contributed by atoms with Crippen LogP contribution in [0.1, 0.15) is 30.1 Å². The monoisotopic (exact) mass is 417 g/mol. The molecule has 0 unspecified atom stereocenters. The summed E-state index contributed by atoms with van der Waals surface area (Å²) in [5, 5.41) is 6.37. The molecule has 1 fully saturated rings. The molecule has 2 aromatic rings. The smallest absolute Gasteiger partial charge is 0.261 e. The molecule has 1 amide bonds. The number of anilines is 2. The van der Waals surface area contributed by atoms with Crippen molar-refractivity contribution in [1.29, 1.82) is 0 Å². The van der Waals surface area contributed by atoms with Crippen LogP contribution in [-0.2, 0) is 0 Å². The largest absolute Gasteiger partial charge is 0.496 e. The molecule has 1 aliphatic heterocycles. The quantitative estimate of drug-likeness (QED) is 0.705. The number of amides is 1. The summed E-state index contributed by atoms with van der Waals surface area (Å²) in [5.41, 5.74) is 2.35. The Morgan fingerprint density at radius 1 is 1.18 bits per heavy atom. The van der Waals surface area contributed by atoms with Crippen LogP contribution in [0.25, 0.3) is 0 Å². The van der Waals surface area contributed by atoms with E-state index in [2.05, 4.69) is 34.6 Å². The topological polar surface area (TPSA) is 53.6 Å². The van der Waals surface area contributed by atoms with Crippen LogP contribution in [0, 0.1) is 5.92 Å². The number of ether oxygens (including phenoxy) is 1. The molecule has 0 spiro atoms. The Kier molecular flexibility index (Phi) is 6.75. The summed E-state index contributed by atoms with van der Waals surface area (Å²) in [7, 11) is 1.50. The minimum absolute atomic E-state index is 0.214. The predicted molar refractivity (Wildman–Crippen MR) is 119 cm³/mol. The number of carbonyl (C=O) groups excluding carboxylic acids is 1. The van der Waals surface area contributed by atoms with E-state index in [4.69, 9.17) is 28.6 Å². The van der Waals surface area contributed by atoms with Gasteiger partial charge in [-0.05, 0) is 73.4 Å². The van der Waals surface area contributed by atoms with E-state index in [0.717, 1.165) is 24.7 Å². The number of nitrogens with one attached hydrogen (secondary N) is 2. The lowest BCUT2D eigenvalue weighted by Crippen LogP contribution is -2.34. The van der Waals surface area contributed by atoms with Crippen molar-refractivity contribution in [1.82, 2.24) is 5.32 Å². The highest BCUT2D eigenvalue weighted by molar-refractivity contribution is 7.80. The van der Waals surface area contributed by atoms with Crippen LogP contribution in [0.15, 0.2) is 42.5 Å². The van der Waals surface area contributed by atoms with E-state index in [0.29, 0.717) is 16.3 Å². The summed E-state index contributed by atoms with van der Waals surface area (Å²) in [4.78, 5) is 14.9. The molecule has 0 atom stereocenters. The van der Waals surface area contributed by atoms with Crippen molar-refractivity contribution < 1.29 is 9.53 Å². The number of rotatable bonds is 4. The zero-order valence-corrected chi connectivity index (χ0v) is 17.6. The molecule has 0 saturated carbocycles.